The molecule has 2 fully saturated rings. The molecule has 0 amide bonds. The van der Waals surface area contributed by atoms with Crippen LogP contribution in [-0.4, -0.2) is 72.4 Å². The molecule has 0 aromatic heterocycles. The minimum atomic E-state index is -0.652. The molecule has 1 heterocycles. The van der Waals surface area contributed by atoms with Crippen LogP contribution in [0.3, 0.4) is 0 Å². The lowest BCUT2D eigenvalue weighted by atomic mass is 10.1. The Labute approximate surface area is 115 Å². The van der Waals surface area contributed by atoms with Crippen molar-refractivity contribution in [2.75, 3.05) is 39.8 Å². The first-order valence-electron chi connectivity index (χ1n) is 7.17. The van der Waals surface area contributed by atoms with Crippen LogP contribution >= 0.6 is 0 Å². The maximum atomic E-state index is 11.9. The third kappa shape index (κ3) is 4.16. The molecule has 1 saturated carbocycles. The molecule has 5 heteroatoms. The van der Waals surface area contributed by atoms with Crippen LogP contribution in [-0.2, 0) is 9.53 Å². The fraction of sp³-hybridized carbons (Fsp3) is 0.929. The number of esters is 1. The van der Waals surface area contributed by atoms with Crippen molar-refractivity contribution in [1.82, 2.24) is 9.80 Å². The topological polar surface area (TPSA) is 53.0 Å². The molecular weight excluding hydrogens is 244 g/mol. The standard InChI is InChI=1S/C14H26N2O3/c1-14(2,18)10-15-6-8-16(9-7-15)12(11-4-5-11)13(17)19-3/h11-12,18H,4-10H2,1-3H3. The summed E-state index contributed by atoms with van der Waals surface area (Å²) in [6.45, 7) is 7.93. The van der Waals surface area contributed by atoms with Gasteiger partial charge in [0.1, 0.15) is 6.04 Å². The van der Waals surface area contributed by atoms with E-state index in [9.17, 15) is 9.90 Å². The number of nitrogens with zero attached hydrogens (tertiary/aromatic N) is 2. The predicted octanol–water partition coefficient (Wildman–Crippen LogP) is 0.327. The van der Waals surface area contributed by atoms with Crippen molar-refractivity contribution in [1.29, 1.82) is 0 Å². The summed E-state index contributed by atoms with van der Waals surface area (Å²) in [5.41, 5.74) is -0.652. The SMILES string of the molecule is COC(=O)C(C1CC1)N1CCN(CC(C)(C)O)CC1. The molecule has 110 valence electrons. The summed E-state index contributed by atoms with van der Waals surface area (Å²) < 4.78 is 4.94. The van der Waals surface area contributed by atoms with E-state index in [0.29, 0.717) is 12.5 Å². The average Bonchev–Trinajstić information content (AvgIpc) is 3.14. The van der Waals surface area contributed by atoms with Crippen molar-refractivity contribution >= 4 is 5.97 Å². The molecular formula is C14H26N2O3. The van der Waals surface area contributed by atoms with E-state index in [2.05, 4.69) is 9.80 Å². The van der Waals surface area contributed by atoms with E-state index in [-0.39, 0.29) is 12.0 Å². The Balaban J connectivity index is 1.86. The van der Waals surface area contributed by atoms with Crippen molar-refractivity contribution in [2.24, 2.45) is 5.92 Å². The minimum absolute atomic E-state index is 0.0470. The highest BCUT2D eigenvalue weighted by molar-refractivity contribution is 5.76. The Morgan fingerprint density at radius 3 is 2.32 bits per heavy atom. The molecule has 0 radical (unpaired) electrons. The van der Waals surface area contributed by atoms with E-state index in [0.717, 1.165) is 39.0 Å². The maximum Gasteiger partial charge on any atom is 0.323 e. The second-order valence-electron chi connectivity index (χ2n) is 6.43. The van der Waals surface area contributed by atoms with Crippen LogP contribution < -0.4 is 0 Å². The van der Waals surface area contributed by atoms with E-state index in [1.165, 1.54) is 7.11 Å². The molecule has 19 heavy (non-hydrogen) atoms. The van der Waals surface area contributed by atoms with Gasteiger partial charge in [0.2, 0.25) is 0 Å². The number of hydrogen-bond donors (Lipinski definition) is 1. The van der Waals surface area contributed by atoms with Crippen LogP contribution in [0.5, 0.6) is 0 Å². The molecule has 0 aromatic carbocycles. The summed E-state index contributed by atoms with van der Waals surface area (Å²) >= 11 is 0. The Bertz CT molecular complexity index is 315. The quantitative estimate of drug-likeness (QED) is 0.730. The van der Waals surface area contributed by atoms with Gasteiger partial charge in [-0.1, -0.05) is 0 Å². The summed E-state index contributed by atoms with van der Waals surface area (Å²) in [5.74, 6) is 0.409. The highest BCUT2D eigenvalue weighted by atomic mass is 16.5. The van der Waals surface area contributed by atoms with E-state index in [1.54, 1.807) is 0 Å². The zero-order valence-electron chi connectivity index (χ0n) is 12.3. The fourth-order valence-electron chi connectivity index (χ4n) is 2.92. The van der Waals surface area contributed by atoms with Gasteiger partial charge in [-0.25, -0.2) is 0 Å². The van der Waals surface area contributed by atoms with Gasteiger partial charge >= 0.3 is 5.97 Å². The lowest BCUT2D eigenvalue weighted by Crippen LogP contribution is -2.55. The van der Waals surface area contributed by atoms with E-state index < -0.39 is 5.60 Å². The number of piperazine rings is 1. The third-order valence-electron chi connectivity index (χ3n) is 3.92. The average molecular weight is 270 g/mol. The highest BCUT2D eigenvalue weighted by Crippen LogP contribution is 2.36. The molecule has 0 aromatic rings. The first-order chi connectivity index (χ1) is 8.90. The summed E-state index contributed by atoms with van der Waals surface area (Å²) in [5, 5.41) is 9.84. The Kier molecular flexibility index (Phi) is 4.48. The number of carbonyl (C=O) groups is 1. The molecule has 0 spiro atoms. The predicted molar refractivity (Wildman–Crippen MR) is 72.8 cm³/mol. The van der Waals surface area contributed by atoms with Gasteiger partial charge in [-0.3, -0.25) is 14.6 Å². The van der Waals surface area contributed by atoms with Crippen molar-refractivity contribution < 1.29 is 14.6 Å². The van der Waals surface area contributed by atoms with Gasteiger partial charge in [0.15, 0.2) is 0 Å². The van der Waals surface area contributed by atoms with Crippen LogP contribution in [0.2, 0.25) is 0 Å². The number of aliphatic hydroxyl groups is 1. The molecule has 1 aliphatic heterocycles. The Morgan fingerprint density at radius 2 is 1.89 bits per heavy atom. The van der Waals surface area contributed by atoms with Gasteiger partial charge in [-0.05, 0) is 32.6 Å². The van der Waals surface area contributed by atoms with E-state index in [4.69, 9.17) is 4.74 Å². The van der Waals surface area contributed by atoms with Crippen molar-refractivity contribution in [2.45, 2.75) is 38.3 Å². The number of β-amino-alcohol motifs (C(OH)–C–C–N with tert-alkyl or cyclic N) is 1. The summed E-state index contributed by atoms with van der Waals surface area (Å²) in [6.07, 6.45) is 2.29. The van der Waals surface area contributed by atoms with Gasteiger partial charge < -0.3 is 9.84 Å². The van der Waals surface area contributed by atoms with Crippen LogP contribution in [0.1, 0.15) is 26.7 Å². The lowest BCUT2D eigenvalue weighted by Gasteiger charge is -2.40. The van der Waals surface area contributed by atoms with Crippen LogP contribution in [0.25, 0.3) is 0 Å². The van der Waals surface area contributed by atoms with Crippen LogP contribution in [0, 0.1) is 5.92 Å². The minimum Gasteiger partial charge on any atom is -0.468 e. The molecule has 5 nitrogen and oxygen atoms in total. The lowest BCUT2D eigenvalue weighted by molar-refractivity contribution is -0.149. The van der Waals surface area contributed by atoms with Crippen LogP contribution in [0.15, 0.2) is 0 Å². The molecule has 0 bridgehead atoms. The van der Waals surface area contributed by atoms with Crippen molar-refractivity contribution in [3.63, 3.8) is 0 Å². The van der Waals surface area contributed by atoms with Gasteiger partial charge in [0, 0.05) is 32.7 Å². The van der Waals surface area contributed by atoms with Crippen molar-refractivity contribution in [3.05, 3.63) is 0 Å². The molecule has 2 rings (SSSR count). The zero-order valence-corrected chi connectivity index (χ0v) is 12.3. The molecule has 1 N–H and O–H groups in total. The van der Waals surface area contributed by atoms with Crippen LogP contribution in [0.4, 0.5) is 0 Å². The number of methoxy groups -OCH3 is 1. The summed E-state index contributed by atoms with van der Waals surface area (Å²) in [7, 11) is 1.47. The molecule has 1 saturated heterocycles. The zero-order chi connectivity index (χ0) is 14.0. The first kappa shape index (κ1) is 14.8. The first-order valence-corrected chi connectivity index (χ1v) is 7.17. The Morgan fingerprint density at radius 1 is 1.32 bits per heavy atom. The molecule has 1 aliphatic carbocycles. The second-order valence-corrected chi connectivity index (χ2v) is 6.43. The number of carbonyl (C=O) groups excluding carboxylic acids is 1. The maximum absolute atomic E-state index is 11.9. The second kappa shape index (κ2) is 5.77. The largest absolute Gasteiger partial charge is 0.468 e. The molecule has 1 unspecified atom stereocenters. The Hall–Kier alpha value is -0.650. The summed E-state index contributed by atoms with van der Waals surface area (Å²) in [6, 6.07) is -0.0470. The third-order valence-corrected chi connectivity index (χ3v) is 3.92. The summed E-state index contributed by atoms with van der Waals surface area (Å²) in [4.78, 5) is 16.4. The monoisotopic (exact) mass is 270 g/mol. The normalized spacial score (nSPS) is 24.2. The van der Waals surface area contributed by atoms with Crippen molar-refractivity contribution in [3.8, 4) is 0 Å². The van der Waals surface area contributed by atoms with E-state index >= 15 is 0 Å². The van der Waals surface area contributed by atoms with E-state index in [1.807, 2.05) is 13.8 Å². The number of hydrogen-bond acceptors (Lipinski definition) is 5. The van der Waals surface area contributed by atoms with Gasteiger partial charge in [0.25, 0.3) is 0 Å². The number of rotatable bonds is 5. The smallest absolute Gasteiger partial charge is 0.323 e. The highest BCUT2D eigenvalue weighted by Gasteiger charge is 2.41. The number of ether oxygens (including phenoxy) is 1. The van der Waals surface area contributed by atoms with Gasteiger partial charge in [0.05, 0.1) is 12.7 Å². The van der Waals surface area contributed by atoms with Gasteiger partial charge in [-0.2, -0.15) is 0 Å². The fourth-order valence-corrected chi connectivity index (χ4v) is 2.92. The van der Waals surface area contributed by atoms with Gasteiger partial charge in [-0.15, -0.1) is 0 Å². The molecule has 2 aliphatic rings. The molecule has 1 atom stereocenters.